The Morgan fingerprint density at radius 2 is 0.839 bits per heavy atom. The Balaban J connectivity index is 1.34. The molecule has 0 bridgehead atoms. The summed E-state index contributed by atoms with van der Waals surface area (Å²) in [7, 11) is 0. The Morgan fingerprint density at radius 1 is 0.448 bits per heavy atom. The summed E-state index contributed by atoms with van der Waals surface area (Å²) in [4.78, 5) is 25.4. The summed E-state index contributed by atoms with van der Waals surface area (Å²) in [5.74, 6) is -1.00. The lowest BCUT2D eigenvalue weighted by molar-refractivity contribution is -0.386. The Bertz CT molecular complexity index is 1830. The molecule has 4 saturated heterocycles. The summed E-state index contributed by atoms with van der Waals surface area (Å²) < 4.78 is 46.4. The predicted octanol–water partition coefficient (Wildman–Crippen LogP) is 1.78. The molecule has 25 nitrogen and oxygen atoms in total. The minimum Gasteiger partial charge on any atom is -0.394 e. The molecule has 4 rings (SSSR count). The zero-order chi connectivity index (χ0) is 63.7. The number of ether oxygens (including phenoxy) is 8. The number of aliphatic hydroxyl groups excluding tert-OH is 13. The standard InChI is InChI=1S/C62H114N2O23/c1-4-6-8-10-12-14-16-18-19-21-23-25-27-29-31-33-46(71)64-40(41(70)32-30-28-26-24-22-20-17-15-13-11-9-7-5-2)38-80-60-53(77)51(75)56(44(36-67)83-60)85-61-54(78)52(76)57(45(37-68)84-61)86-62-55(79)58(49(73)43(35-66)82-62)87-59-47(63-39(3)69)50(74)48(72)42(34-65)81-59/h30,32,40-45,47-62,65-68,70,72-79H,4-29,31,33-38H2,1-3H3,(H,63,69)(H,64,71)/b32-30+/t40-,41+,42?,43?,44?,45?,47?,48-,49-,50+,51+,52+,53?,54?,55?,56+,57-,58-,59-,60+,61-,62-/m0/s1. The average Bonchev–Trinajstić information content (AvgIpc) is 2.49. The third-order valence-corrected chi connectivity index (χ3v) is 17.1. The van der Waals surface area contributed by atoms with Crippen LogP contribution in [0.15, 0.2) is 12.2 Å². The fraction of sp³-hybridized carbons (Fsp3) is 0.935. The summed E-state index contributed by atoms with van der Waals surface area (Å²) in [5, 5.41) is 147. The number of carbonyl (C=O) groups is 2. The van der Waals surface area contributed by atoms with Gasteiger partial charge in [-0.1, -0.05) is 180 Å². The molecule has 510 valence electrons. The van der Waals surface area contributed by atoms with Crippen molar-refractivity contribution in [2.75, 3.05) is 33.0 Å². The molecule has 8 unspecified atom stereocenters. The van der Waals surface area contributed by atoms with Crippen LogP contribution < -0.4 is 10.6 Å². The lowest BCUT2D eigenvalue weighted by Gasteiger charge is -2.49. The van der Waals surface area contributed by atoms with Crippen molar-refractivity contribution in [3.05, 3.63) is 12.2 Å². The van der Waals surface area contributed by atoms with Crippen LogP contribution in [0.3, 0.4) is 0 Å². The van der Waals surface area contributed by atoms with Crippen LogP contribution in [-0.4, -0.2) is 246 Å². The van der Waals surface area contributed by atoms with Crippen LogP contribution in [0.25, 0.3) is 0 Å². The van der Waals surface area contributed by atoms with Crippen molar-refractivity contribution in [1.29, 1.82) is 0 Å². The Hall–Kier alpha value is -2.16. The quantitative estimate of drug-likeness (QED) is 0.0305. The molecule has 87 heavy (non-hydrogen) atoms. The number of hydrogen-bond donors (Lipinski definition) is 15. The maximum atomic E-state index is 13.4. The van der Waals surface area contributed by atoms with Gasteiger partial charge in [0, 0.05) is 13.3 Å². The van der Waals surface area contributed by atoms with Crippen molar-refractivity contribution >= 4 is 11.8 Å². The molecule has 15 N–H and O–H groups in total. The molecule has 22 atom stereocenters. The summed E-state index contributed by atoms with van der Waals surface area (Å²) in [6.45, 7) is 1.61. The molecule has 4 aliphatic heterocycles. The van der Waals surface area contributed by atoms with Crippen molar-refractivity contribution in [1.82, 2.24) is 10.6 Å². The molecule has 0 aromatic carbocycles. The lowest BCUT2D eigenvalue weighted by Crippen LogP contribution is -2.69. The number of aliphatic hydroxyl groups is 13. The molecule has 4 fully saturated rings. The van der Waals surface area contributed by atoms with Crippen LogP contribution in [0.4, 0.5) is 0 Å². The van der Waals surface area contributed by atoms with E-state index in [-0.39, 0.29) is 12.3 Å². The van der Waals surface area contributed by atoms with E-state index in [0.29, 0.717) is 12.8 Å². The molecule has 25 heteroatoms. The second-order valence-electron chi connectivity index (χ2n) is 24.3. The van der Waals surface area contributed by atoms with E-state index >= 15 is 0 Å². The smallest absolute Gasteiger partial charge is 0.220 e. The van der Waals surface area contributed by atoms with Gasteiger partial charge in [-0.05, 0) is 19.3 Å². The van der Waals surface area contributed by atoms with Crippen molar-refractivity contribution in [2.45, 2.75) is 335 Å². The Kier molecular flexibility index (Phi) is 38.8. The first kappa shape index (κ1) is 77.3. The van der Waals surface area contributed by atoms with Gasteiger partial charge in [-0.25, -0.2) is 0 Å². The molecular formula is C62H114N2O23. The van der Waals surface area contributed by atoms with Crippen LogP contribution in [-0.2, 0) is 47.5 Å². The van der Waals surface area contributed by atoms with Gasteiger partial charge >= 0.3 is 0 Å². The molecule has 0 spiro atoms. The largest absolute Gasteiger partial charge is 0.394 e. The van der Waals surface area contributed by atoms with E-state index in [2.05, 4.69) is 24.5 Å². The average molecular weight is 1260 g/mol. The van der Waals surface area contributed by atoms with Crippen molar-refractivity contribution in [3.8, 4) is 0 Å². The van der Waals surface area contributed by atoms with Gasteiger partial charge in [0.15, 0.2) is 25.2 Å². The summed E-state index contributed by atoms with van der Waals surface area (Å²) in [5.41, 5.74) is 0. The van der Waals surface area contributed by atoms with Crippen molar-refractivity contribution < 1.29 is 114 Å². The molecule has 0 saturated carbocycles. The van der Waals surface area contributed by atoms with E-state index in [1.54, 1.807) is 6.08 Å². The van der Waals surface area contributed by atoms with E-state index in [4.69, 9.17) is 37.9 Å². The Labute approximate surface area is 515 Å². The van der Waals surface area contributed by atoms with Crippen LogP contribution in [0.2, 0.25) is 0 Å². The zero-order valence-corrected chi connectivity index (χ0v) is 52.1. The van der Waals surface area contributed by atoms with Gasteiger partial charge in [0.25, 0.3) is 0 Å². The molecule has 0 aliphatic carbocycles. The van der Waals surface area contributed by atoms with E-state index in [1.165, 1.54) is 116 Å². The maximum absolute atomic E-state index is 13.4. The highest BCUT2D eigenvalue weighted by Gasteiger charge is 2.56. The van der Waals surface area contributed by atoms with Gasteiger partial charge in [0.1, 0.15) is 97.6 Å². The molecule has 0 aromatic rings. The minimum absolute atomic E-state index is 0.218. The van der Waals surface area contributed by atoms with Gasteiger partial charge in [-0.15, -0.1) is 0 Å². The highest BCUT2D eigenvalue weighted by atomic mass is 16.8. The van der Waals surface area contributed by atoms with Gasteiger partial charge < -0.3 is 115 Å². The number of rotatable bonds is 45. The topological polar surface area (TPSA) is 395 Å². The monoisotopic (exact) mass is 1250 g/mol. The van der Waals surface area contributed by atoms with Crippen LogP contribution in [0.1, 0.15) is 201 Å². The van der Waals surface area contributed by atoms with Crippen LogP contribution in [0.5, 0.6) is 0 Å². The normalized spacial score (nSPS) is 33.8. The first-order chi connectivity index (χ1) is 42.0. The second kappa shape index (κ2) is 43.6. The maximum Gasteiger partial charge on any atom is 0.220 e. The van der Waals surface area contributed by atoms with Gasteiger partial charge in [-0.2, -0.15) is 0 Å². The van der Waals surface area contributed by atoms with Crippen molar-refractivity contribution in [3.63, 3.8) is 0 Å². The molecule has 0 radical (unpaired) electrons. The molecule has 4 aliphatic rings. The fourth-order valence-electron chi connectivity index (χ4n) is 11.7. The number of allylic oxidation sites excluding steroid dienone is 1. The minimum atomic E-state index is -2.09. The zero-order valence-electron chi connectivity index (χ0n) is 52.1. The van der Waals surface area contributed by atoms with E-state index < -0.39 is 174 Å². The molecular weight excluding hydrogens is 1140 g/mol. The first-order valence-corrected chi connectivity index (χ1v) is 32.9. The predicted molar refractivity (Wildman–Crippen MR) is 317 cm³/mol. The van der Waals surface area contributed by atoms with E-state index in [0.717, 1.165) is 51.9 Å². The summed E-state index contributed by atoms with van der Waals surface area (Å²) in [6.07, 6.45) is -0.0122. The molecule has 4 heterocycles. The third-order valence-electron chi connectivity index (χ3n) is 17.1. The van der Waals surface area contributed by atoms with Crippen LogP contribution >= 0.6 is 0 Å². The van der Waals surface area contributed by atoms with Gasteiger partial charge in [0.05, 0.1) is 45.2 Å². The lowest BCUT2D eigenvalue weighted by atomic mass is 9.95. The van der Waals surface area contributed by atoms with Crippen LogP contribution in [0, 0.1) is 0 Å². The van der Waals surface area contributed by atoms with Gasteiger partial charge in [0.2, 0.25) is 11.8 Å². The van der Waals surface area contributed by atoms with E-state index in [9.17, 15) is 76.0 Å². The Morgan fingerprint density at radius 3 is 1.31 bits per heavy atom. The second-order valence-corrected chi connectivity index (χ2v) is 24.3. The molecule has 0 aromatic heterocycles. The number of amides is 2. The number of nitrogens with one attached hydrogen (secondary N) is 2. The number of carbonyl (C=O) groups excluding carboxylic acids is 2. The highest BCUT2D eigenvalue weighted by Crippen LogP contribution is 2.35. The SMILES string of the molecule is CCCCCCCCCCCCC/C=C/[C@@H](O)[C@H](CO[C@@H]1OC(CO)[C@@H](O[C@@H]2OC(CO)[C@H](O[C@@H]3OC(CO)[C@H](O)[C@H](O[C@@H]4OC(CO)[C@H](O)[C@H](O)C4NC(C)=O)C3O)[C@H](O)C2O)[C@H](O)C1O)NC(=O)CCCCCCCCCCCCCCCCC. The number of hydrogen-bond acceptors (Lipinski definition) is 23. The first-order valence-electron chi connectivity index (χ1n) is 32.9. The number of unbranched alkanes of at least 4 members (excludes halogenated alkanes) is 25. The van der Waals surface area contributed by atoms with Gasteiger partial charge in [-0.3, -0.25) is 9.59 Å². The fourth-order valence-corrected chi connectivity index (χ4v) is 11.7. The van der Waals surface area contributed by atoms with E-state index in [1.807, 2.05) is 6.08 Å². The summed E-state index contributed by atoms with van der Waals surface area (Å²) >= 11 is 0. The summed E-state index contributed by atoms with van der Waals surface area (Å²) in [6, 6.07) is -2.53. The molecule has 2 amide bonds. The third kappa shape index (κ3) is 26.0. The van der Waals surface area contributed by atoms with Crippen molar-refractivity contribution in [2.24, 2.45) is 0 Å². The highest BCUT2D eigenvalue weighted by molar-refractivity contribution is 5.76.